The molecule has 2 rings (SSSR count). The summed E-state index contributed by atoms with van der Waals surface area (Å²) in [5.41, 5.74) is 0. The predicted octanol–water partition coefficient (Wildman–Crippen LogP) is 4.49. The van der Waals surface area contributed by atoms with E-state index in [1.54, 1.807) is 0 Å². The molecule has 0 heterocycles. The molecule has 0 aromatic rings. The zero-order valence-electron chi connectivity index (χ0n) is 12.4. The molecular weight excluding hydrogens is 240 g/mol. The highest BCUT2D eigenvalue weighted by atomic mass is 28.4. The Morgan fingerprint density at radius 3 is 2.33 bits per heavy atom. The van der Waals surface area contributed by atoms with Gasteiger partial charge in [0, 0.05) is 12.7 Å². The largest absolute Gasteiger partial charge is 0.395 e. The Hall–Kier alpha value is 0.137. The minimum Gasteiger partial charge on any atom is -0.395 e. The minimum atomic E-state index is -1.90. The van der Waals surface area contributed by atoms with Crippen molar-refractivity contribution in [3.05, 3.63) is 0 Å². The van der Waals surface area contributed by atoms with Gasteiger partial charge in [-0.3, -0.25) is 0 Å². The van der Waals surface area contributed by atoms with Crippen molar-refractivity contribution in [2.75, 3.05) is 6.61 Å². The van der Waals surface area contributed by atoms with E-state index >= 15 is 0 Å². The van der Waals surface area contributed by atoms with E-state index in [0.29, 0.717) is 6.10 Å². The first-order chi connectivity index (χ1) is 8.63. The Labute approximate surface area is 114 Å². The molecule has 2 nitrogen and oxygen atoms in total. The van der Waals surface area contributed by atoms with Gasteiger partial charge < -0.3 is 8.85 Å². The van der Waals surface area contributed by atoms with Crippen LogP contribution in [0, 0.1) is 11.8 Å². The van der Waals surface area contributed by atoms with E-state index in [1.807, 2.05) is 0 Å². The fraction of sp³-hybridized carbons (Fsp3) is 1.00. The van der Waals surface area contributed by atoms with Crippen molar-refractivity contribution in [2.45, 2.75) is 77.5 Å². The van der Waals surface area contributed by atoms with Gasteiger partial charge in [0.15, 0.2) is 0 Å². The van der Waals surface area contributed by atoms with Gasteiger partial charge in [-0.2, -0.15) is 0 Å². The molecule has 2 aliphatic carbocycles. The van der Waals surface area contributed by atoms with Crippen LogP contribution in [0.3, 0.4) is 0 Å². The van der Waals surface area contributed by atoms with Gasteiger partial charge in [0.25, 0.3) is 0 Å². The van der Waals surface area contributed by atoms with Gasteiger partial charge in [0.2, 0.25) is 0 Å². The van der Waals surface area contributed by atoms with Crippen molar-refractivity contribution in [2.24, 2.45) is 11.8 Å². The fourth-order valence-corrected chi connectivity index (χ4v) is 6.71. The van der Waals surface area contributed by atoms with Gasteiger partial charge in [-0.15, -0.1) is 0 Å². The van der Waals surface area contributed by atoms with Crippen LogP contribution < -0.4 is 0 Å². The van der Waals surface area contributed by atoms with Crippen molar-refractivity contribution in [3.63, 3.8) is 0 Å². The lowest BCUT2D eigenvalue weighted by molar-refractivity contribution is 0.0726. The van der Waals surface area contributed by atoms with Crippen molar-refractivity contribution >= 4 is 8.56 Å². The lowest BCUT2D eigenvalue weighted by Gasteiger charge is -2.35. The van der Waals surface area contributed by atoms with Crippen LogP contribution in [-0.4, -0.2) is 21.3 Å². The summed E-state index contributed by atoms with van der Waals surface area (Å²) in [7, 11) is -1.90. The molecule has 2 unspecified atom stereocenters. The van der Waals surface area contributed by atoms with Crippen LogP contribution >= 0.6 is 0 Å². The number of hydrogen-bond acceptors (Lipinski definition) is 2. The first-order valence-corrected chi connectivity index (χ1v) is 10.5. The van der Waals surface area contributed by atoms with Crippen LogP contribution in [0.15, 0.2) is 0 Å². The van der Waals surface area contributed by atoms with E-state index in [4.69, 9.17) is 8.85 Å². The van der Waals surface area contributed by atoms with E-state index < -0.39 is 8.56 Å². The second-order valence-corrected chi connectivity index (χ2v) is 9.64. The standard InChI is InChI=1S/C15H30O2Si/c1-4-16-18(3,12-14-10-11-14)17-13(2)15-8-6-5-7-9-15/h13-15H,4-12H2,1-3H3. The smallest absolute Gasteiger partial charge is 0.335 e. The highest BCUT2D eigenvalue weighted by molar-refractivity contribution is 6.66. The molecule has 2 fully saturated rings. The summed E-state index contributed by atoms with van der Waals surface area (Å²) in [6.07, 6.45) is 10.1. The zero-order chi connectivity index (χ0) is 13.0. The molecule has 0 aliphatic heterocycles. The monoisotopic (exact) mass is 270 g/mol. The van der Waals surface area contributed by atoms with Crippen molar-refractivity contribution in [3.8, 4) is 0 Å². The van der Waals surface area contributed by atoms with E-state index in [9.17, 15) is 0 Å². The Bertz CT molecular complexity index is 249. The highest BCUT2D eigenvalue weighted by Gasteiger charge is 2.40. The first kappa shape index (κ1) is 14.5. The van der Waals surface area contributed by atoms with Gasteiger partial charge >= 0.3 is 8.56 Å². The summed E-state index contributed by atoms with van der Waals surface area (Å²) in [5, 5.41) is 0. The lowest BCUT2D eigenvalue weighted by atomic mass is 9.86. The molecule has 18 heavy (non-hydrogen) atoms. The Kier molecular flexibility index (Phi) is 5.28. The SMILES string of the molecule is CCO[Si](C)(CC1CC1)OC(C)C1CCCCC1. The minimum absolute atomic E-state index is 0.410. The summed E-state index contributed by atoms with van der Waals surface area (Å²) in [4.78, 5) is 0. The van der Waals surface area contributed by atoms with E-state index in [1.165, 1.54) is 51.0 Å². The molecule has 0 spiro atoms. The van der Waals surface area contributed by atoms with Crippen LogP contribution in [-0.2, 0) is 8.85 Å². The zero-order valence-corrected chi connectivity index (χ0v) is 13.4. The molecule has 0 N–H and O–H groups in total. The highest BCUT2D eigenvalue weighted by Crippen LogP contribution is 2.39. The second kappa shape index (κ2) is 6.53. The van der Waals surface area contributed by atoms with Crippen molar-refractivity contribution in [1.82, 2.24) is 0 Å². The molecule has 0 amide bonds. The van der Waals surface area contributed by atoms with Crippen molar-refractivity contribution in [1.29, 1.82) is 0 Å². The van der Waals surface area contributed by atoms with E-state index in [0.717, 1.165) is 18.4 Å². The summed E-state index contributed by atoms with van der Waals surface area (Å²) in [6.45, 7) is 7.49. The molecule has 0 aromatic carbocycles. The van der Waals surface area contributed by atoms with Crippen LogP contribution in [0.1, 0.15) is 58.8 Å². The second-order valence-electron chi connectivity index (χ2n) is 6.44. The lowest BCUT2D eigenvalue weighted by Crippen LogP contribution is -2.44. The van der Waals surface area contributed by atoms with Gasteiger partial charge in [-0.1, -0.05) is 32.1 Å². The average molecular weight is 270 g/mol. The van der Waals surface area contributed by atoms with Gasteiger partial charge in [-0.25, -0.2) is 0 Å². The van der Waals surface area contributed by atoms with E-state index in [-0.39, 0.29) is 0 Å². The molecule has 0 aromatic heterocycles. The topological polar surface area (TPSA) is 18.5 Å². The molecule has 0 saturated heterocycles. The molecule has 2 saturated carbocycles. The van der Waals surface area contributed by atoms with Gasteiger partial charge in [0.1, 0.15) is 0 Å². The average Bonchev–Trinajstić information content (AvgIpc) is 3.14. The maximum atomic E-state index is 6.49. The molecule has 0 radical (unpaired) electrons. The van der Waals surface area contributed by atoms with Crippen LogP contribution in [0.4, 0.5) is 0 Å². The molecule has 3 heteroatoms. The van der Waals surface area contributed by atoms with Gasteiger partial charge in [0.05, 0.1) is 0 Å². The van der Waals surface area contributed by atoms with Crippen LogP contribution in [0.2, 0.25) is 12.6 Å². The predicted molar refractivity (Wildman–Crippen MR) is 77.9 cm³/mol. The molecule has 106 valence electrons. The molecular formula is C15H30O2Si. The Morgan fingerprint density at radius 2 is 1.78 bits per heavy atom. The van der Waals surface area contributed by atoms with Gasteiger partial charge in [-0.05, 0) is 51.1 Å². The van der Waals surface area contributed by atoms with Crippen molar-refractivity contribution < 1.29 is 8.85 Å². The molecule has 2 atom stereocenters. The molecule has 0 bridgehead atoms. The van der Waals surface area contributed by atoms with Crippen LogP contribution in [0.25, 0.3) is 0 Å². The Balaban J connectivity index is 1.85. The summed E-state index contributed by atoms with van der Waals surface area (Å²) < 4.78 is 12.5. The summed E-state index contributed by atoms with van der Waals surface area (Å²) in [5.74, 6) is 1.69. The van der Waals surface area contributed by atoms with Crippen LogP contribution in [0.5, 0.6) is 0 Å². The summed E-state index contributed by atoms with van der Waals surface area (Å²) >= 11 is 0. The third kappa shape index (κ3) is 4.36. The maximum Gasteiger partial charge on any atom is 0.335 e. The quantitative estimate of drug-likeness (QED) is 0.635. The maximum absolute atomic E-state index is 6.49. The normalized spacial score (nSPS) is 26.8. The first-order valence-electron chi connectivity index (χ1n) is 7.95. The van der Waals surface area contributed by atoms with E-state index in [2.05, 4.69) is 20.4 Å². The Morgan fingerprint density at radius 1 is 1.11 bits per heavy atom. The third-order valence-corrected chi connectivity index (χ3v) is 7.64. The molecule has 2 aliphatic rings. The summed E-state index contributed by atoms with van der Waals surface area (Å²) in [6, 6.07) is 1.22. The fourth-order valence-electron chi connectivity index (χ4n) is 3.39. The third-order valence-electron chi connectivity index (χ3n) is 4.55. The number of rotatable bonds is 7. The number of hydrogen-bond donors (Lipinski definition) is 0.